The molecule has 0 bridgehead atoms. The predicted octanol–water partition coefficient (Wildman–Crippen LogP) is 4.12. The molecule has 1 heterocycles. The van der Waals surface area contributed by atoms with Crippen molar-refractivity contribution in [3.63, 3.8) is 0 Å². The third-order valence-corrected chi connectivity index (χ3v) is 4.36. The number of benzene rings is 3. The van der Waals surface area contributed by atoms with Gasteiger partial charge in [-0.05, 0) is 35.0 Å². The molecule has 1 atom stereocenters. The van der Waals surface area contributed by atoms with E-state index in [1.165, 1.54) is 0 Å². The molecular weight excluding hydrogens is 304 g/mol. The minimum Gasteiger partial charge on any atom is -0.493 e. The van der Waals surface area contributed by atoms with Crippen molar-refractivity contribution in [2.45, 2.75) is 6.10 Å². The van der Waals surface area contributed by atoms with Gasteiger partial charge in [0, 0.05) is 11.1 Å². The van der Waals surface area contributed by atoms with Crippen LogP contribution in [-0.4, -0.2) is 20.2 Å². The SMILES string of the molecule is COc1ccc(C2OC(=O)c3cc4ccccc4cc32)cc1OC. The van der Waals surface area contributed by atoms with Crippen LogP contribution in [0.5, 0.6) is 11.5 Å². The van der Waals surface area contributed by atoms with Crippen molar-refractivity contribution >= 4 is 16.7 Å². The highest BCUT2D eigenvalue weighted by Gasteiger charge is 2.33. The molecule has 120 valence electrons. The van der Waals surface area contributed by atoms with Crippen LogP contribution in [-0.2, 0) is 4.74 Å². The van der Waals surface area contributed by atoms with Gasteiger partial charge in [-0.15, -0.1) is 0 Å². The highest BCUT2D eigenvalue weighted by atomic mass is 16.5. The van der Waals surface area contributed by atoms with E-state index in [1.54, 1.807) is 14.2 Å². The summed E-state index contributed by atoms with van der Waals surface area (Å²) in [6.45, 7) is 0. The third kappa shape index (κ3) is 2.19. The number of carbonyl (C=O) groups excluding carboxylic acids is 1. The lowest BCUT2D eigenvalue weighted by Crippen LogP contribution is -2.02. The van der Waals surface area contributed by atoms with Gasteiger partial charge in [0.25, 0.3) is 0 Å². The van der Waals surface area contributed by atoms with Crippen molar-refractivity contribution in [1.29, 1.82) is 0 Å². The molecule has 1 aliphatic rings. The van der Waals surface area contributed by atoms with E-state index in [1.807, 2.05) is 54.6 Å². The molecule has 3 aromatic rings. The Morgan fingerprint density at radius 1 is 0.875 bits per heavy atom. The molecule has 3 aromatic carbocycles. The molecule has 4 rings (SSSR count). The molecule has 1 aliphatic heterocycles. The molecular formula is C20H16O4. The van der Waals surface area contributed by atoms with Crippen molar-refractivity contribution < 1.29 is 19.0 Å². The lowest BCUT2D eigenvalue weighted by Gasteiger charge is -2.14. The van der Waals surface area contributed by atoms with Gasteiger partial charge in [0.05, 0.1) is 19.8 Å². The van der Waals surface area contributed by atoms with Gasteiger partial charge in [-0.25, -0.2) is 4.79 Å². The van der Waals surface area contributed by atoms with Crippen molar-refractivity contribution in [3.05, 3.63) is 71.3 Å². The second-order valence-electron chi connectivity index (χ2n) is 5.69. The zero-order valence-electron chi connectivity index (χ0n) is 13.4. The molecule has 4 nitrogen and oxygen atoms in total. The quantitative estimate of drug-likeness (QED) is 0.681. The Morgan fingerprint density at radius 2 is 1.58 bits per heavy atom. The second kappa shape index (κ2) is 5.57. The van der Waals surface area contributed by atoms with Crippen LogP contribution in [0.3, 0.4) is 0 Å². The summed E-state index contributed by atoms with van der Waals surface area (Å²) in [5.41, 5.74) is 2.36. The number of cyclic esters (lactones) is 1. The molecule has 24 heavy (non-hydrogen) atoms. The van der Waals surface area contributed by atoms with Crippen LogP contribution in [0.4, 0.5) is 0 Å². The normalized spacial score (nSPS) is 15.9. The zero-order valence-corrected chi connectivity index (χ0v) is 13.4. The molecule has 4 heteroatoms. The second-order valence-corrected chi connectivity index (χ2v) is 5.69. The van der Waals surface area contributed by atoms with Gasteiger partial charge < -0.3 is 14.2 Å². The summed E-state index contributed by atoms with van der Waals surface area (Å²) in [6, 6.07) is 17.5. The Labute approximate surface area is 139 Å². The fourth-order valence-electron chi connectivity index (χ4n) is 3.15. The fraction of sp³-hybridized carbons (Fsp3) is 0.150. The first-order valence-corrected chi connectivity index (χ1v) is 7.67. The number of carbonyl (C=O) groups is 1. The Hall–Kier alpha value is -3.01. The lowest BCUT2D eigenvalue weighted by molar-refractivity contribution is 0.0455. The van der Waals surface area contributed by atoms with E-state index in [0.717, 1.165) is 21.9 Å². The van der Waals surface area contributed by atoms with E-state index < -0.39 is 6.10 Å². The van der Waals surface area contributed by atoms with E-state index in [0.29, 0.717) is 17.1 Å². The summed E-state index contributed by atoms with van der Waals surface area (Å²) in [6.07, 6.45) is -0.433. The summed E-state index contributed by atoms with van der Waals surface area (Å²) in [7, 11) is 3.18. The molecule has 0 aromatic heterocycles. The van der Waals surface area contributed by atoms with Gasteiger partial charge in [-0.2, -0.15) is 0 Å². The number of hydrogen-bond donors (Lipinski definition) is 0. The molecule has 0 saturated carbocycles. The van der Waals surface area contributed by atoms with Gasteiger partial charge >= 0.3 is 5.97 Å². The van der Waals surface area contributed by atoms with E-state index >= 15 is 0 Å². The third-order valence-electron chi connectivity index (χ3n) is 4.36. The highest BCUT2D eigenvalue weighted by Crippen LogP contribution is 2.40. The molecule has 0 aliphatic carbocycles. The lowest BCUT2D eigenvalue weighted by atomic mass is 9.95. The number of esters is 1. The minimum atomic E-state index is -0.433. The van der Waals surface area contributed by atoms with Crippen LogP contribution >= 0.6 is 0 Å². The molecule has 0 amide bonds. The van der Waals surface area contributed by atoms with Crippen LogP contribution in [0.1, 0.15) is 27.6 Å². The fourth-order valence-corrected chi connectivity index (χ4v) is 3.15. The van der Waals surface area contributed by atoms with Gasteiger partial charge in [0.2, 0.25) is 0 Å². The first-order chi connectivity index (χ1) is 11.7. The van der Waals surface area contributed by atoms with Crippen molar-refractivity contribution in [3.8, 4) is 11.5 Å². The van der Waals surface area contributed by atoms with Crippen molar-refractivity contribution in [1.82, 2.24) is 0 Å². The van der Waals surface area contributed by atoms with Crippen LogP contribution < -0.4 is 9.47 Å². The summed E-state index contributed by atoms with van der Waals surface area (Å²) in [4.78, 5) is 12.3. The van der Waals surface area contributed by atoms with Gasteiger partial charge in [-0.3, -0.25) is 0 Å². The Balaban J connectivity index is 1.85. The number of ether oxygens (including phenoxy) is 3. The smallest absolute Gasteiger partial charge is 0.339 e. The first-order valence-electron chi connectivity index (χ1n) is 7.67. The summed E-state index contributed by atoms with van der Waals surface area (Å²) in [5.74, 6) is 0.958. The Morgan fingerprint density at radius 3 is 2.29 bits per heavy atom. The van der Waals surface area contributed by atoms with Gasteiger partial charge in [0.1, 0.15) is 0 Å². The Bertz CT molecular complexity index is 946. The Kier molecular flexibility index (Phi) is 3.38. The maximum absolute atomic E-state index is 12.3. The minimum absolute atomic E-state index is 0.296. The number of methoxy groups -OCH3 is 2. The molecule has 1 unspecified atom stereocenters. The maximum Gasteiger partial charge on any atom is 0.339 e. The molecule has 0 spiro atoms. The summed E-state index contributed by atoms with van der Waals surface area (Å²) in [5, 5.41) is 2.11. The molecule has 0 N–H and O–H groups in total. The van der Waals surface area contributed by atoms with Crippen LogP contribution in [0.25, 0.3) is 10.8 Å². The standard InChI is InChI=1S/C20H16O4/c1-22-17-8-7-14(11-18(17)23-2)19-15-9-12-5-3-4-6-13(12)10-16(15)20(21)24-19/h3-11,19H,1-2H3. The van der Waals surface area contributed by atoms with Gasteiger partial charge in [-0.1, -0.05) is 30.3 Å². The molecule has 0 fully saturated rings. The van der Waals surface area contributed by atoms with Crippen LogP contribution in [0.2, 0.25) is 0 Å². The van der Waals surface area contributed by atoms with E-state index in [4.69, 9.17) is 14.2 Å². The molecule has 0 saturated heterocycles. The van der Waals surface area contributed by atoms with Gasteiger partial charge in [0.15, 0.2) is 17.6 Å². The number of rotatable bonds is 3. The van der Waals surface area contributed by atoms with E-state index in [2.05, 4.69) is 0 Å². The summed E-state index contributed by atoms with van der Waals surface area (Å²) < 4.78 is 16.3. The highest BCUT2D eigenvalue weighted by molar-refractivity contribution is 6.00. The van der Waals surface area contributed by atoms with Crippen molar-refractivity contribution in [2.24, 2.45) is 0 Å². The topological polar surface area (TPSA) is 44.8 Å². The molecule has 0 radical (unpaired) electrons. The van der Waals surface area contributed by atoms with Crippen LogP contribution in [0.15, 0.2) is 54.6 Å². The van der Waals surface area contributed by atoms with E-state index in [9.17, 15) is 4.79 Å². The predicted molar refractivity (Wildman–Crippen MR) is 90.8 cm³/mol. The summed E-state index contributed by atoms with van der Waals surface area (Å²) >= 11 is 0. The van der Waals surface area contributed by atoms with Crippen LogP contribution in [0, 0.1) is 0 Å². The number of hydrogen-bond acceptors (Lipinski definition) is 4. The zero-order chi connectivity index (χ0) is 16.7. The van der Waals surface area contributed by atoms with E-state index in [-0.39, 0.29) is 5.97 Å². The van der Waals surface area contributed by atoms with Crippen molar-refractivity contribution in [2.75, 3.05) is 14.2 Å². The maximum atomic E-state index is 12.3. The largest absolute Gasteiger partial charge is 0.493 e. The average Bonchev–Trinajstić information content (AvgIpc) is 2.95. The average molecular weight is 320 g/mol. The monoisotopic (exact) mass is 320 g/mol. The first kappa shape index (κ1) is 14.6. The number of fused-ring (bicyclic) bond motifs is 2.